The van der Waals surface area contributed by atoms with Gasteiger partial charge in [-0.15, -0.1) is 13.2 Å². The Morgan fingerprint density at radius 3 is 1.91 bits per heavy atom. The van der Waals surface area contributed by atoms with E-state index in [1.165, 1.54) is 18.2 Å². The third-order valence-electron chi connectivity index (χ3n) is 6.80. The van der Waals surface area contributed by atoms with Crippen LogP contribution in [-0.4, -0.2) is 18.4 Å². The van der Waals surface area contributed by atoms with Crippen molar-refractivity contribution in [2.24, 2.45) is 0 Å². The Morgan fingerprint density at radius 1 is 0.711 bits per heavy atom. The number of ether oxygens (including phenoxy) is 1. The smallest absolute Gasteiger partial charge is 0.406 e. The lowest BCUT2D eigenvalue weighted by atomic mass is 9.76. The van der Waals surface area contributed by atoms with Crippen LogP contribution in [0.1, 0.15) is 43.7 Å². The van der Waals surface area contributed by atoms with Gasteiger partial charge in [-0.05, 0) is 59.5 Å². The van der Waals surface area contributed by atoms with Crippen LogP contribution in [0.4, 0.5) is 43.9 Å². The molecule has 4 rings (SSSR count). The van der Waals surface area contributed by atoms with E-state index in [9.17, 15) is 48.7 Å². The fourth-order valence-corrected chi connectivity index (χ4v) is 4.97. The van der Waals surface area contributed by atoms with Gasteiger partial charge in [-0.2, -0.15) is 26.3 Å². The molecular weight excluding hydrogens is 620 g/mol. The largest absolute Gasteiger partial charge is 0.573 e. The Labute approximate surface area is 250 Å². The average molecular weight is 644 g/mol. The number of hydrogen-bond acceptors (Lipinski definition) is 2. The molecule has 1 N–H and O–H groups in total. The second kappa shape index (κ2) is 12.4. The summed E-state index contributed by atoms with van der Waals surface area (Å²) in [7, 11) is 0. The lowest BCUT2D eigenvalue weighted by Crippen LogP contribution is -2.48. The highest BCUT2D eigenvalue weighted by atomic mass is 19.4. The Kier molecular flexibility index (Phi) is 9.22. The Hall–Kier alpha value is -4.55. The standard InChI is InChI=1S/C32H23F10NO2/c1-19-5-2-6-20(13-19)17-29(23-8-3-7-21(14-23)18-30(34,35)36,24-9-4-10-25(16-24)45-32(40,41)42)43-28(44)22-11-12-27(33)26(15-22)31(37,38)39/h2-16H,17-18H2,1H3,(H,43,44). The molecule has 0 saturated carbocycles. The molecule has 0 fully saturated rings. The van der Waals surface area contributed by atoms with E-state index in [-0.39, 0.29) is 29.2 Å². The monoisotopic (exact) mass is 643 g/mol. The van der Waals surface area contributed by atoms with E-state index in [4.69, 9.17) is 0 Å². The molecule has 0 saturated heterocycles. The fourth-order valence-electron chi connectivity index (χ4n) is 4.97. The van der Waals surface area contributed by atoms with Crippen molar-refractivity contribution in [3.63, 3.8) is 0 Å². The molecule has 0 aliphatic carbocycles. The first kappa shape index (κ1) is 33.3. The zero-order chi connectivity index (χ0) is 33.2. The number of carbonyl (C=O) groups excluding carboxylic acids is 1. The van der Waals surface area contributed by atoms with Gasteiger partial charge in [-0.1, -0.05) is 66.2 Å². The lowest BCUT2D eigenvalue weighted by molar-refractivity contribution is -0.274. The quantitative estimate of drug-likeness (QED) is 0.195. The third-order valence-corrected chi connectivity index (χ3v) is 6.80. The molecule has 4 aromatic rings. The molecule has 3 nitrogen and oxygen atoms in total. The van der Waals surface area contributed by atoms with Crippen molar-refractivity contribution in [1.82, 2.24) is 5.32 Å². The van der Waals surface area contributed by atoms with Gasteiger partial charge in [0.05, 0.1) is 17.5 Å². The van der Waals surface area contributed by atoms with Crippen molar-refractivity contribution < 1.29 is 53.4 Å². The number of benzene rings is 4. The van der Waals surface area contributed by atoms with E-state index >= 15 is 0 Å². The molecular formula is C32H23F10NO2. The molecule has 0 aliphatic heterocycles. The van der Waals surface area contributed by atoms with Crippen molar-refractivity contribution in [3.05, 3.63) is 136 Å². The van der Waals surface area contributed by atoms with Crippen LogP contribution in [0.15, 0.2) is 91.0 Å². The molecule has 1 amide bonds. The summed E-state index contributed by atoms with van der Waals surface area (Å²) in [5, 5.41) is 2.58. The first-order chi connectivity index (χ1) is 20.8. The van der Waals surface area contributed by atoms with Crippen molar-refractivity contribution in [2.45, 2.75) is 44.0 Å². The van der Waals surface area contributed by atoms with Crippen LogP contribution in [-0.2, 0) is 24.6 Å². The SMILES string of the molecule is Cc1cccc(CC(NC(=O)c2ccc(F)c(C(F)(F)F)c2)(c2cccc(CC(F)(F)F)c2)c2cccc(OC(F)(F)F)c2)c1. The zero-order valence-corrected chi connectivity index (χ0v) is 23.2. The van der Waals surface area contributed by atoms with Crippen LogP contribution >= 0.6 is 0 Å². The maximum atomic E-state index is 14.0. The molecule has 238 valence electrons. The lowest BCUT2D eigenvalue weighted by Gasteiger charge is -2.37. The fraction of sp³-hybridized carbons (Fsp3) is 0.219. The summed E-state index contributed by atoms with van der Waals surface area (Å²) >= 11 is 0. The highest BCUT2D eigenvalue weighted by Crippen LogP contribution is 2.38. The Morgan fingerprint density at radius 2 is 1.31 bits per heavy atom. The van der Waals surface area contributed by atoms with Crippen LogP contribution in [0.2, 0.25) is 0 Å². The number of carbonyl (C=O) groups is 1. The van der Waals surface area contributed by atoms with E-state index < -0.39 is 59.3 Å². The van der Waals surface area contributed by atoms with Gasteiger partial charge in [0.25, 0.3) is 5.91 Å². The summed E-state index contributed by atoms with van der Waals surface area (Å²) < 4.78 is 138. The zero-order valence-electron chi connectivity index (χ0n) is 23.2. The van der Waals surface area contributed by atoms with Crippen LogP contribution in [0.25, 0.3) is 0 Å². The molecule has 1 atom stereocenters. The first-order valence-corrected chi connectivity index (χ1v) is 13.1. The van der Waals surface area contributed by atoms with Gasteiger partial charge in [0.1, 0.15) is 11.6 Å². The summed E-state index contributed by atoms with van der Waals surface area (Å²) in [5.41, 5.74) is -3.58. The third kappa shape index (κ3) is 8.55. The van der Waals surface area contributed by atoms with Gasteiger partial charge >= 0.3 is 18.7 Å². The van der Waals surface area contributed by atoms with Crippen molar-refractivity contribution in [1.29, 1.82) is 0 Å². The summed E-state index contributed by atoms with van der Waals surface area (Å²) in [5.74, 6) is -3.59. The second-order valence-electron chi connectivity index (χ2n) is 10.3. The number of hydrogen-bond donors (Lipinski definition) is 1. The predicted molar refractivity (Wildman–Crippen MR) is 144 cm³/mol. The van der Waals surface area contributed by atoms with Gasteiger partial charge in [0.2, 0.25) is 0 Å². The van der Waals surface area contributed by atoms with Crippen LogP contribution < -0.4 is 10.1 Å². The predicted octanol–water partition coefficient (Wildman–Crippen LogP) is 9.07. The molecule has 0 spiro atoms. The van der Waals surface area contributed by atoms with E-state index in [1.54, 1.807) is 31.2 Å². The second-order valence-corrected chi connectivity index (χ2v) is 10.3. The van der Waals surface area contributed by atoms with Crippen LogP contribution in [0.5, 0.6) is 5.75 Å². The molecule has 0 heterocycles. The number of nitrogens with one attached hydrogen (secondary N) is 1. The molecule has 0 bridgehead atoms. The maximum Gasteiger partial charge on any atom is 0.573 e. The minimum Gasteiger partial charge on any atom is -0.406 e. The van der Waals surface area contributed by atoms with Gasteiger partial charge in [0, 0.05) is 12.0 Å². The average Bonchev–Trinajstić information content (AvgIpc) is 2.90. The number of amides is 1. The number of alkyl halides is 9. The number of rotatable bonds is 8. The minimum absolute atomic E-state index is 0.0265. The Balaban J connectivity index is 1.98. The van der Waals surface area contributed by atoms with E-state index in [0.29, 0.717) is 11.6 Å². The van der Waals surface area contributed by atoms with E-state index in [1.807, 2.05) is 0 Å². The highest BCUT2D eigenvalue weighted by Gasteiger charge is 2.40. The van der Waals surface area contributed by atoms with Crippen LogP contribution in [0.3, 0.4) is 0 Å². The van der Waals surface area contributed by atoms with Gasteiger partial charge in [-0.25, -0.2) is 4.39 Å². The van der Waals surface area contributed by atoms with Crippen molar-refractivity contribution in [3.8, 4) is 5.75 Å². The van der Waals surface area contributed by atoms with E-state index in [2.05, 4.69) is 10.1 Å². The van der Waals surface area contributed by atoms with Crippen molar-refractivity contribution >= 4 is 5.91 Å². The topological polar surface area (TPSA) is 38.3 Å². The van der Waals surface area contributed by atoms with Gasteiger partial charge in [-0.3, -0.25) is 4.79 Å². The number of halogens is 10. The minimum atomic E-state index is -5.17. The normalized spacial score (nSPS) is 13.7. The summed E-state index contributed by atoms with van der Waals surface area (Å²) in [6.07, 6.45) is -16.6. The van der Waals surface area contributed by atoms with E-state index in [0.717, 1.165) is 42.0 Å². The molecule has 0 radical (unpaired) electrons. The first-order valence-electron chi connectivity index (χ1n) is 13.1. The molecule has 45 heavy (non-hydrogen) atoms. The molecule has 0 aliphatic rings. The van der Waals surface area contributed by atoms with Crippen LogP contribution in [0, 0.1) is 12.7 Å². The summed E-state index contributed by atoms with van der Waals surface area (Å²) in [4.78, 5) is 13.7. The van der Waals surface area contributed by atoms with Crippen molar-refractivity contribution in [2.75, 3.05) is 0 Å². The van der Waals surface area contributed by atoms with Gasteiger partial charge in [0.15, 0.2) is 0 Å². The van der Waals surface area contributed by atoms with Gasteiger partial charge < -0.3 is 10.1 Å². The summed E-state index contributed by atoms with van der Waals surface area (Å²) in [6.45, 7) is 1.72. The summed E-state index contributed by atoms with van der Waals surface area (Å²) in [6, 6.07) is 17.3. The Bertz CT molecular complexity index is 1620. The molecule has 0 aromatic heterocycles. The molecule has 1 unspecified atom stereocenters. The number of aryl methyl sites for hydroxylation is 1. The maximum absolute atomic E-state index is 14.0. The molecule has 4 aromatic carbocycles. The molecule has 13 heteroatoms. The highest BCUT2D eigenvalue weighted by molar-refractivity contribution is 5.95.